The van der Waals surface area contributed by atoms with E-state index in [1.807, 2.05) is 17.6 Å². The number of aromatic amines is 1. The average Bonchev–Trinajstić information content (AvgIpc) is 3.14. The van der Waals surface area contributed by atoms with Crippen LogP contribution in [0, 0.1) is 0 Å². The maximum absolute atomic E-state index is 5.99. The molecule has 0 saturated heterocycles. The molecule has 1 aliphatic rings. The number of H-pyrrole nitrogens is 1. The molecule has 0 amide bonds. The van der Waals surface area contributed by atoms with Gasteiger partial charge in [0.15, 0.2) is 0 Å². The van der Waals surface area contributed by atoms with Gasteiger partial charge in [-0.1, -0.05) is 17.7 Å². The van der Waals surface area contributed by atoms with Gasteiger partial charge in [-0.15, -0.1) is 11.3 Å². The van der Waals surface area contributed by atoms with E-state index in [1.165, 1.54) is 21.4 Å². The number of rotatable bonds is 3. The van der Waals surface area contributed by atoms with Crippen molar-refractivity contribution in [2.24, 2.45) is 0 Å². The van der Waals surface area contributed by atoms with Gasteiger partial charge in [-0.3, -0.25) is 4.90 Å². The van der Waals surface area contributed by atoms with Crippen LogP contribution in [0.1, 0.15) is 16.9 Å². The summed E-state index contributed by atoms with van der Waals surface area (Å²) in [5.41, 5.74) is 3.68. The van der Waals surface area contributed by atoms with Gasteiger partial charge in [0.2, 0.25) is 0 Å². The summed E-state index contributed by atoms with van der Waals surface area (Å²) in [6.07, 6.45) is 7.32. The van der Waals surface area contributed by atoms with Crippen molar-refractivity contribution in [1.82, 2.24) is 14.9 Å². The third kappa shape index (κ3) is 2.70. The minimum Gasteiger partial charge on any atom is -0.346 e. The second kappa shape index (κ2) is 5.88. The van der Waals surface area contributed by atoms with Crippen molar-refractivity contribution in [2.45, 2.75) is 13.0 Å². The third-order valence-corrected chi connectivity index (χ3v) is 5.36. The van der Waals surface area contributed by atoms with E-state index < -0.39 is 0 Å². The zero-order valence-corrected chi connectivity index (χ0v) is 13.6. The van der Waals surface area contributed by atoms with Crippen LogP contribution in [0.3, 0.4) is 0 Å². The Morgan fingerprint density at radius 2 is 2.36 bits per heavy atom. The van der Waals surface area contributed by atoms with Gasteiger partial charge in [0.1, 0.15) is 5.65 Å². The molecule has 5 heteroatoms. The van der Waals surface area contributed by atoms with Crippen molar-refractivity contribution in [3.8, 4) is 0 Å². The molecule has 0 radical (unpaired) electrons. The Morgan fingerprint density at radius 3 is 3.14 bits per heavy atom. The predicted molar refractivity (Wildman–Crippen MR) is 93.3 cm³/mol. The fourth-order valence-corrected chi connectivity index (χ4v) is 4.09. The summed E-state index contributed by atoms with van der Waals surface area (Å²) in [4.78, 5) is 11.4. The van der Waals surface area contributed by atoms with Gasteiger partial charge in [-0.25, -0.2) is 4.98 Å². The van der Waals surface area contributed by atoms with Crippen LogP contribution in [0.15, 0.2) is 42.0 Å². The largest absolute Gasteiger partial charge is 0.346 e. The molecule has 112 valence electrons. The minimum atomic E-state index is 0.847. The van der Waals surface area contributed by atoms with Crippen molar-refractivity contribution in [1.29, 1.82) is 0 Å². The summed E-state index contributed by atoms with van der Waals surface area (Å²) in [5, 5.41) is 4.06. The van der Waals surface area contributed by atoms with Gasteiger partial charge < -0.3 is 4.98 Å². The summed E-state index contributed by atoms with van der Waals surface area (Å²) < 4.78 is 0. The first-order valence-electron chi connectivity index (χ1n) is 7.36. The Morgan fingerprint density at radius 1 is 1.41 bits per heavy atom. The van der Waals surface area contributed by atoms with E-state index in [0.29, 0.717) is 0 Å². The molecule has 3 aromatic rings. The van der Waals surface area contributed by atoms with Crippen molar-refractivity contribution in [3.05, 3.63) is 57.5 Å². The number of hydrogen-bond donors (Lipinski definition) is 1. The van der Waals surface area contributed by atoms with Gasteiger partial charge in [-0.2, -0.15) is 0 Å². The van der Waals surface area contributed by atoms with Crippen LogP contribution in [-0.2, 0) is 6.54 Å². The molecule has 0 bridgehead atoms. The molecule has 0 unspecified atom stereocenters. The van der Waals surface area contributed by atoms with Gasteiger partial charge in [0.25, 0.3) is 0 Å². The summed E-state index contributed by atoms with van der Waals surface area (Å²) in [5.74, 6) is 0. The van der Waals surface area contributed by atoms with Crippen LogP contribution in [0.4, 0.5) is 0 Å². The van der Waals surface area contributed by atoms with Crippen molar-refractivity contribution in [2.75, 3.05) is 13.1 Å². The molecule has 0 fully saturated rings. The number of halogens is 1. The third-order valence-electron chi connectivity index (χ3n) is 4.09. The molecule has 0 aromatic carbocycles. The molecule has 4 rings (SSSR count). The fraction of sp³-hybridized carbons (Fsp3) is 0.235. The van der Waals surface area contributed by atoms with Crippen LogP contribution in [-0.4, -0.2) is 28.0 Å². The summed E-state index contributed by atoms with van der Waals surface area (Å²) in [6.45, 7) is 3.04. The summed E-state index contributed by atoms with van der Waals surface area (Å²) >= 11 is 7.73. The summed E-state index contributed by atoms with van der Waals surface area (Å²) in [6, 6.07) is 6.20. The lowest BCUT2D eigenvalue weighted by Gasteiger charge is -2.25. The number of hydrogen-bond acceptors (Lipinski definition) is 3. The first kappa shape index (κ1) is 14.0. The molecular weight excluding hydrogens is 314 g/mol. The topological polar surface area (TPSA) is 31.9 Å². The number of nitrogens with one attached hydrogen (secondary N) is 1. The van der Waals surface area contributed by atoms with E-state index >= 15 is 0 Å². The van der Waals surface area contributed by atoms with Gasteiger partial charge >= 0.3 is 0 Å². The van der Waals surface area contributed by atoms with Crippen LogP contribution in [0.2, 0.25) is 5.02 Å². The highest BCUT2D eigenvalue weighted by molar-refractivity contribution is 7.10. The van der Waals surface area contributed by atoms with Crippen LogP contribution >= 0.6 is 22.9 Å². The highest BCUT2D eigenvalue weighted by Gasteiger charge is 2.16. The van der Waals surface area contributed by atoms with Gasteiger partial charge in [0, 0.05) is 53.2 Å². The van der Waals surface area contributed by atoms with Gasteiger partial charge in [-0.05, 0) is 30.2 Å². The lowest BCUT2D eigenvalue weighted by molar-refractivity contribution is 0.296. The highest BCUT2D eigenvalue weighted by Crippen LogP contribution is 2.29. The Kier molecular flexibility index (Phi) is 3.74. The molecule has 0 aliphatic carbocycles. The zero-order valence-electron chi connectivity index (χ0n) is 12.1. The van der Waals surface area contributed by atoms with E-state index in [0.717, 1.165) is 36.7 Å². The molecule has 1 aliphatic heterocycles. The molecule has 1 N–H and O–H groups in total. The molecule has 22 heavy (non-hydrogen) atoms. The molecule has 0 saturated carbocycles. The Balaban J connectivity index is 1.51. The second-order valence-corrected chi connectivity index (χ2v) is 6.98. The van der Waals surface area contributed by atoms with E-state index in [2.05, 4.69) is 39.3 Å². The Labute approximate surface area is 138 Å². The predicted octanol–water partition coefficient (Wildman–Crippen LogP) is 4.57. The standard InChI is InChI=1S/C17H16ClN3S/c18-13-8-14(22-11-13)10-21-6-3-12(4-7-21)16-9-20-17-15(16)2-1-5-19-17/h1-3,5,8-9,11H,4,6-7,10H2,(H,19,20). The molecular formula is C17H16ClN3S. The van der Waals surface area contributed by atoms with Crippen molar-refractivity contribution >= 4 is 39.5 Å². The van der Waals surface area contributed by atoms with Crippen LogP contribution < -0.4 is 0 Å². The first-order valence-corrected chi connectivity index (χ1v) is 8.62. The first-order chi connectivity index (χ1) is 10.8. The van der Waals surface area contributed by atoms with E-state index in [1.54, 1.807) is 11.3 Å². The number of nitrogens with zero attached hydrogens (tertiary/aromatic N) is 2. The lowest BCUT2D eigenvalue weighted by Crippen LogP contribution is -2.27. The van der Waals surface area contributed by atoms with Crippen LogP contribution in [0.25, 0.3) is 16.6 Å². The van der Waals surface area contributed by atoms with Crippen LogP contribution in [0.5, 0.6) is 0 Å². The number of fused-ring (bicyclic) bond motifs is 1. The molecule has 0 spiro atoms. The highest BCUT2D eigenvalue weighted by atomic mass is 35.5. The van der Waals surface area contributed by atoms with Gasteiger partial charge in [0.05, 0.1) is 5.02 Å². The number of pyridine rings is 1. The monoisotopic (exact) mass is 329 g/mol. The van der Waals surface area contributed by atoms with Crippen molar-refractivity contribution < 1.29 is 0 Å². The SMILES string of the molecule is Clc1csc(CN2CC=C(c3c[nH]c4ncccc34)CC2)c1. The number of aromatic nitrogens is 2. The molecule has 3 aromatic heterocycles. The molecule has 4 heterocycles. The Bertz CT molecular complexity index is 833. The quantitative estimate of drug-likeness (QED) is 0.763. The smallest absolute Gasteiger partial charge is 0.137 e. The van der Waals surface area contributed by atoms with E-state index in [4.69, 9.17) is 11.6 Å². The van der Waals surface area contributed by atoms with Crippen molar-refractivity contribution in [3.63, 3.8) is 0 Å². The lowest BCUT2D eigenvalue weighted by atomic mass is 9.99. The summed E-state index contributed by atoms with van der Waals surface area (Å²) in [7, 11) is 0. The Hall–Kier alpha value is -1.62. The average molecular weight is 330 g/mol. The normalized spacial score (nSPS) is 16.1. The maximum atomic E-state index is 5.99. The minimum absolute atomic E-state index is 0.847. The fourth-order valence-electron chi connectivity index (χ4n) is 2.98. The van der Waals surface area contributed by atoms with E-state index in [-0.39, 0.29) is 0 Å². The van der Waals surface area contributed by atoms with E-state index in [9.17, 15) is 0 Å². The zero-order chi connectivity index (χ0) is 14.9. The second-order valence-electron chi connectivity index (χ2n) is 5.55. The number of thiophene rings is 1. The molecule has 0 atom stereocenters. The molecule has 3 nitrogen and oxygen atoms in total. The maximum Gasteiger partial charge on any atom is 0.137 e.